The van der Waals surface area contributed by atoms with E-state index in [1.165, 1.54) is 30.1 Å². The summed E-state index contributed by atoms with van der Waals surface area (Å²) in [6, 6.07) is 23.3. The van der Waals surface area contributed by atoms with E-state index in [1.54, 1.807) is 12.1 Å². The summed E-state index contributed by atoms with van der Waals surface area (Å²) in [5.74, 6) is 0.168. The number of nitrogens with zero attached hydrogens (tertiary/aromatic N) is 4. The normalized spacial score (nSPS) is 11.1. The molecule has 0 saturated heterocycles. The second kappa shape index (κ2) is 10.3. The van der Waals surface area contributed by atoms with Gasteiger partial charge in [-0.05, 0) is 42.0 Å². The maximum absolute atomic E-state index is 12.9. The van der Waals surface area contributed by atoms with Crippen LogP contribution in [0, 0.1) is 5.82 Å². The van der Waals surface area contributed by atoms with Gasteiger partial charge in [0, 0.05) is 15.7 Å². The van der Waals surface area contributed by atoms with Gasteiger partial charge in [-0.3, -0.25) is 9.36 Å². The zero-order valence-corrected chi connectivity index (χ0v) is 19.1. The molecule has 1 amide bonds. The van der Waals surface area contributed by atoms with E-state index in [2.05, 4.69) is 36.7 Å². The van der Waals surface area contributed by atoms with Crippen LogP contribution in [0.2, 0.25) is 0 Å². The molecule has 0 aliphatic carbocycles. The molecule has 9 heteroatoms. The van der Waals surface area contributed by atoms with Gasteiger partial charge in [0.1, 0.15) is 5.82 Å². The summed E-state index contributed by atoms with van der Waals surface area (Å²) >= 11 is 4.71. The molecule has 3 aromatic carbocycles. The van der Waals surface area contributed by atoms with Crippen molar-refractivity contribution in [2.45, 2.75) is 5.16 Å². The fourth-order valence-electron chi connectivity index (χ4n) is 2.85. The van der Waals surface area contributed by atoms with Gasteiger partial charge in [-0.25, -0.2) is 9.82 Å². The lowest BCUT2D eigenvalue weighted by Crippen LogP contribution is -2.20. The van der Waals surface area contributed by atoms with Crippen molar-refractivity contribution in [3.63, 3.8) is 0 Å². The van der Waals surface area contributed by atoms with Crippen LogP contribution in [0.3, 0.4) is 0 Å². The maximum Gasteiger partial charge on any atom is 0.250 e. The third-order valence-electron chi connectivity index (χ3n) is 4.36. The highest BCUT2D eigenvalue weighted by Gasteiger charge is 2.17. The summed E-state index contributed by atoms with van der Waals surface area (Å²) in [5.41, 5.74) is 4.96. The van der Waals surface area contributed by atoms with E-state index >= 15 is 0 Å². The SMILES string of the molecule is O=C(CSc1nnc(-c2ccc(Br)cc2)n1-c1ccccc1)N/N=C/c1ccc(F)cc1. The summed E-state index contributed by atoms with van der Waals surface area (Å²) < 4.78 is 15.8. The van der Waals surface area contributed by atoms with Gasteiger partial charge in [0.15, 0.2) is 11.0 Å². The molecule has 0 saturated carbocycles. The molecule has 1 N–H and O–H groups in total. The zero-order chi connectivity index (χ0) is 22.3. The van der Waals surface area contributed by atoms with Crippen LogP contribution in [0.1, 0.15) is 5.56 Å². The fraction of sp³-hybridized carbons (Fsp3) is 0.0435. The van der Waals surface area contributed by atoms with E-state index < -0.39 is 0 Å². The van der Waals surface area contributed by atoms with E-state index in [0.29, 0.717) is 16.5 Å². The second-order valence-electron chi connectivity index (χ2n) is 6.62. The number of rotatable bonds is 7. The molecule has 160 valence electrons. The number of benzene rings is 3. The Kier molecular flexibility index (Phi) is 7.08. The quantitative estimate of drug-likeness (QED) is 0.214. The topological polar surface area (TPSA) is 72.2 Å². The second-order valence-corrected chi connectivity index (χ2v) is 8.48. The Hall–Kier alpha value is -3.30. The highest BCUT2D eigenvalue weighted by atomic mass is 79.9. The van der Waals surface area contributed by atoms with Gasteiger partial charge in [-0.2, -0.15) is 5.10 Å². The van der Waals surface area contributed by atoms with Crippen LogP contribution in [0.15, 0.2) is 93.6 Å². The Balaban J connectivity index is 1.49. The highest BCUT2D eigenvalue weighted by molar-refractivity contribution is 9.10. The van der Waals surface area contributed by atoms with Crippen molar-refractivity contribution < 1.29 is 9.18 Å². The summed E-state index contributed by atoms with van der Waals surface area (Å²) in [4.78, 5) is 12.3. The van der Waals surface area contributed by atoms with Gasteiger partial charge >= 0.3 is 0 Å². The van der Waals surface area contributed by atoms with Gasteiger partial charge < -0.3 is 0 Å². The number of amides is 1. The first-order valence-electron chi connectivity index (χ1n) is 9.57. The summed E-state index contributed by atoms with van der Waals surface area (Å²) in [7, 11) is 0. The number of nitrogens with one attached hydrogen (secondary N) is 1. The van der Waals surface area contributed by atoms with E-state index in [-0.39, 0.29) is 17.5 Å². The fourth-order valence-corrected chi connectivity index (χ4v) is 3.86. The maximum atomic E-state index is 12.9. The first kappa shape index (κ1) is 21.9. The molecule has 1 aromatic heterocycles. The Morgan fingerprint density at radius 2 is 1.75 bits per heavy atom. The van der Waals surface area contributed by atoms with E-state index in [4.69, 9.17) is 0 Å². The predicted octanol–water partition coefficient (Wildman–Crippen LogP) is 5.08. The number of para-hydroxylation sites is 1. The zero-order valence-electron chi connectivity index (χ0n) is 16.7. The van der Waals surface area contributed by atoms with Gasteiger partial charge in [-0.1, -0.05) is 70.2 Å². The van der Waals surface area contributed by atoms with Crippen molar-refractivity contribution in [2.24, 2.45) is 5.10 Å². The van der Waals surface area contributed by atoms with Crippen molar-refractivity contribution in [1.82, 2.24) is 20.2 Å². The number of thioether (sulfide) groups is 1. The molecule has 0 aliphatic heterocycles. The molecule has 0 spiro atoms. The van der Waals surface area contributed by atoms with Crippen LogP contribution >= 0.6 is 27.7 Å². The molecule has 0 unspecified atom stereocenters. The predicted molar refractivity (Wildman–Crippen MR) is 127 cm³/mol. The summed E-state index contributed by atoms with van der Waals surface area (Å²) in [6.07, 6.45) is 1.46. The van der Waals surface area contributed by atoms with Crippen LogP contribution < -0.4 is 5.43 Å². The van der Waals surface area contributed by atoms with Crippen molar-refractivity contribution in [3.05, 3.63) is 94.7 Å². The van der Waals surface area contributed by atoms with Crippen molar-refractivity contribution in [2.75, 3.05) is 5.75 Å². The highest BCUT2D eigenvalue weighted by Crippen LogP contribution is 2.28. The Labute approximate surface area is 196 Å². The minimum absolute atomic E-state index is 0.103. The van der Waals surface area contributed by atoms with Crippen LogP contribution in [0.4, 0.5) is 4.39 Å². The number of hydrogen-bond acceptors (Lipinski definition) is 5. The van der Waals surface area contributed by atoms with Gasteiger partial charge in [0.25, 0.3) is 5.91 Å². The number of hydrogen-bond donors (Lipinski definition) is 1. The molecule has 4 rings (SSSR count). The molecule has 0 radical (unpaired) electrons. The standard InChI is InChI=1S/C23H17BrFN5OS/c24-18-10-8-17(9-11-18)22-28-29-23(30(22)20-4-2-1-3-5-20)32-15-21(31)27-26-14-16-6-12-19(25)13-7-16/h1-14H,15H2,(H,27,31)/b26-14+. The van der Waals surface area contributed by atoms with Gasteiger partial charge in [-0.15, -0.1) is 10.2 Å². The first-order chi connectivity index (χ1) is 15.6. The Morgan fingerprint density at radius 1 is 1.03 bits per heavy atom. The summed E-state index contributed by atoms with van der Waals surface area (Å²) in [6.45, 7) is 0. The molecule has 0 atom stereocenters. The number of hydrazone groups is 1. The Morgan fingerprint density at radius 3 is 2.47 bits per heavy atom. The van der Waals surface area contributed by atoms with Gasteiger partial charge in [0.2, 0.25) is 0 Å². The molecular formula is C23H17BrFN5OS. The summed E-state index contributed by atoms with van der Waals surface area (Å²) in [5, 5.41) is 13.2. The number of halogens is 2. The molecule has 4 aromatic rings. The molecule has 0 fully saturated rings. The molecular weight excluding hydrogens is 493 g/mol. The van der Waals surface area contributed by atoms with Crippen molar-refractivity contribution in [1.29, 1.82) is 0 Å². The van der Waals surface area contributed by atoms with E-state index in [1.807, 2.05) is 59.2 Å². The number of carbonyl (C=O) groups excluding carboxylic acids is 1. The molecule has 1 heterocycles. The lowest BCUT2D eigenvalue weighted by atomic mass is 10.2. The van der Waals surface area contributed by atoms with Gasteiger partial charge in [0.05, 0.1) is 12.0 Å². The van der Waals surface area contributed by atoms with Crippen molar-refractivity contribution in [3.8, 4) is 17.1 Å². The van der Waals surface area contributed by atoms with Crippen LogP contribution in [-0.4, -0.2) is 32.6 Å². The smallest absolute Gasteiger partial charge is 0.250 e. The van der Waals surface area contributed by atoms with E-state index in [0.717, 1.165) is 15.7 Å². The minimum atomic E-state index is -0.326. The molecule has 32 heavy (non-hydrogen) atoms. The molecule has 0 bridgehead atoms. The third kappa shape index (κ3) is 5.49. The minimum Gasteiger partial charge on any atom is -0.272 e. The lowest BCUT2D eigenvalue weighted by Gasteiger charge is -2.10. The monoisotopic (exact) mass is 509 g/mol. The van der Waals surface area contributed by atoms with E-state index in [9.17, 15) is 9.18 Å². The Bertz CT molecular complexity index is 1230. The first-order valence-corrected chi connectivity index (χ1v) is 11.3. The number of aromatic nitrogens is 3. The van der Waals surface area contributed by atoms with Crippen LogP contribution in [0.25, 0.3) is 17.1 Å². The lowest BCUT2D eigenvalue weighted by molar-refractivity contribution is -0.118. The average Bonchev–Trinajstić information content (AvgIpc) is 3.24. The molecule has 6 nitrogen and oxygen atoms in total. The average molecular weight is 510 g/mol. The number of carbonyl (C=O) groups is 1. The third-order valence-corrected chi connectivity index (χ3v) is 5.81. The largest absolute Gasteiger partial charge is 0.272 e. The molecule has 0 aliphatic rings. The van der Waals surface area contributed by atoms with Crippen molar-refractivity contribution >= 4 is 39.8 Å². The van der Waals surface area contributed by atoms with Crippen LogP contribution in [0.5, 0.6) is 0 Å². The van der Waals surface area contributed by atoms with Crippen LogP contribution in [-0.2, 0) is 4.79 Å².